The molecule has 0 saturated carbocycles. The molecule has 1 N–H and O–H groups in total. The number of amides is 1. The summed E-state index contributed by atoms with van der Waals surface area (Å²) in [6.45, 7) is 6.89. The molecule has 5 nitrogen and oxygen atoms in total. The van der Waals surface area contributed by atoms with E-state index in [-0.39, 0.29) is 17.9 Å². The predicted molar refractivity (Wildman–Crippen MR) is 87.6 cm³/mol. The Morgan fingerprint density at radius 3 is 2.29 bits per heavy atom. The zero-order valence-corrected chi connectivity index (χ0v) is 14.1. The van der Waals surface area contributed by atoms with E-state index in [0.717, 1.165) is 5.75 Å². The summed E-state index contributed by atoms with van der Waals surface area (Å²) in [5, 5.41) is 2.69. The van der Waals surface area contributed by atoms with Gasteiger partial charge in [0.2, 0.25) is 0 Å². The van der Waals surface area contributed by atoms with Gasteiger partial charge in [0.15, 0.2) is 0 Å². The fourth-order valence-corrected chi connectivity index (χ4v) is 1.33. The van der Waals surface area contributed by atoms with Crippen molar-refractivity contribution in [1.82, 2.24) is 4.90 Å². The van der Waals surface area contributed by atoms with E-state index >= 15 is 0 Å². The van der Waals surface area contributed by atoms with Gasteiger partial charge in [-0.2, -0.15) is 0 Å². The quantitative estimate of drug-likeness (QED) is 0.874. The van der Waals surface area contributed by atoms with Gasteiger partial charge in [0.1, 0.15) is 12.4 Å². The van der Waals surface area contributed by atoms with Gasteiger partial charge in [-0.1, -0.05) is 0 Å². The molecule has 0 fully saturated rings. The Labute approximate surface area is 133 Å². The van der Waals surface area contributed by atoms with Gasteiger partial charge < -0.3 is 14.4 Å². The van der Waals surface area contributed by atoms with E-state index in [4.69, 9.17) is 9.47 Å². The molecule has 0 aliphatic heterocycles. The molecule has 120 valence electrons. The van der Waals surface area contributed by atoms with Crippen molar-refractivity contribution in [1.29, 1.82) is 0 Å². The fourth-order valence-electron chi connectivity index (χ4n) is 1.33. The van der Waals surface area contributed by atoms with Crippen molar-refractivity contribution in [3.8, 4) is 5.75 Å². The Morgan fingerprint density at radius 1 is 1.24 bits per heavy atom. The molecule has 0 bridgehead atoms. The van der Waals surface area contributed by atoms with Gasteiger partial charge in [0, 0.05) is 11.2 Å². The van der Waals surface area contributed by atoms with Crippen LogP contribution < -0.4 is 10.1 Å². The highest BCUT2D eigenvalue weighted by Gasteiger charge is 2.22. The first-order valence-electron chi connectivity index (χ1n) is 6.69. The third kappa shape index (κ3) is 6.69. The second-order valence-corrected chi connectivity index (χ2v) is 5.37. The third-order valence-electron chi connectivity index (χ3n) is 3.18. The average molecular weight is 317 g/mol. The summed E-state index contributed by atoms with van der Waals surface area (Å²) in [4.78, 5) is 13.7. The molecule has 0 unspecified atom stereocenters. The van der Waals surface area contributed by atoms with Gasteiger partial charge in [0.25, 0.3) is 0 Å². The number of hydrogen-bond donors (Lipinski definition) is 1. The molecule has 0 radical (unpaired) electrons. The molecule has 0 aliphatic rings. The van der Waals surface area contributed by atoms with Crippen molar-refractivity contribution in [2.75, 3.05) is 32.6 Å². The van der Waals surface area contributed by atoms with Crippen LogP contribution >= 0.6 is 12.4 Å². The molecule has 1 aromatic carbocycles. The van der Waals surface area contributed by atoms with Crippen LogP contribution in [-0.2, 0) is 4.74 Å². The number of anilines is 1. The summed E-state index contributed by atoms with van der Waals surface area (Å²) in [5.41, 5.74) is 0.483. The molecule has 0 aliphatic carbocycles. The Hall–Kier alpha value is -1.46. The summed E-state index contributed by atoms with van der Waals surface area (Å²) < 4.78 is 10.6. The highest BCUT2D eigenvalue weighted by atomic mass is 35.5. The summed E-state index contributed by atoms with van der Waals surface area (Å²) in [7, 11) is 3.90. The number of hydrogen-bond acceptors (Lipinski definition) is 4. The van der Waals surface area contributed by atoms with E-state index in [1.165, 1.54) is 0 Å². The molecule has 0 saturated heterocycles. The normalized spacial score (nSPS) is 10.8. The Balaban J connectivity index is 0.00000400. The Kier molecular flexibility index (Phi) is 8.14. The smallest absolute Gasteiger partial charge is 0.411 e. The van der Waals surface area contributed by atoms with E-state index in [2.05, 4.69) is 5.32 Å². The molecule has 0 aromatic heterocycles. The maximum atomic E-state index is 11.7. The third-order valence-corrected chi connectivity index (χ3v) is 3.18. The number of rotatable bonds is 6. The van der Waals surface area contributed by atoms with Crippen LogP contribution in [0, 0.1) is 0 Å². The van der Waals surface area contributed by atoms with Crippen LogP contribution in [0.2, 0.25) is 0 Å². The summed E-state index contributed by atoms with van der Waals surface area (Å²) >= 11 is 0. The molecule has 0 atom stereocenters. The molecule has 6 heteroatoms. The van der Waals surface area contributed by atoms with Gasteiger partial charge in [-0.15, -0.1) is 12.4 Å². The van der Waals surface area contributed by atoms with E-state index < -0.39 is 6.09 Å². The van der Waals surface area contributed by atoms with Crippen molar-refractivity contribution < 1.29 is 14.3 Å². The number of nitrogens with one attached hydrogen (secondary N) is 1. The standard InChI is InChI=1S/C15H24N2O3.ClH/c1-6-19-13-9-7-12(8-10-13)16-14(18)20-11-15(2,3)17(4)5;/h7-10H,6,11H2,1-5H3,(H,16,18);1H. The van der Waals surface area contributed by atoms with Crippen molar-refractivity contribution in [3.05, 3.63) is 24.3 Å². The van der Waals surface area contributed by atoms with Crippen LogP contribution in [0.15, 0.2) is 24.3 Å². The Bertz CT molecular complexity index is 433. The SMILES string of the molecule is CCOc1ccc(NC(=O)OCC(C)(C)N(C)C)cc1.Cl. The molecular formula is C15H25ClN2O3. The predicted octanol–water partition coefficient (Wildman–Crippen LogP) is 3.40. The summed E-state index contributed by atoms with van der Waals surface area (Å²) in [5.74, 6) is 0.778. The summed E-state index contributed by atoms with van der Waals surface area (Å²) in [6, 6.07) is 7.18. The number of halogens is 1. The second kappa shape index (κ2) is 8.74. The number of likely N-dealkylation sites (N-methyl/N-ethyl adjacent to an activating group) is 1. The van der Waals surface area contributed by atoms with E-state index in [1.54, 1.807) is 12.1 Å². The second-order valence-electron chi connectivity index (χ2n) is 5.37. The lowest BCUT2D eigenvalue weighted by molar-refractivity contribution is 0.0775. The zero-order valence-electron chi connectivity index (χ0n) is 13.3. The van der Waals surface area contributed by atoms with Crippen LogP contribution in [0.4, 0.5) is 10.5 Å². The van der Waals surface area contributed by atoms with Gasteiger partial charge in [-0.3, -0.25) is 5.32 Å². The molecular weight excluding hydrogens is 292 g/mol. The van der Waals surface area contributed by atoms with Crippen molar-refractivity contribution >= 4 is 24.2 Å². The van der Waals surface area contributed by atoms with Gasteiger partial charge in [-0.25, -0.2) is 4.79 Å². The van der Waals surface area contributed by atoms with Crippen molar-refractivity contribution in [3.63, 3.8) is 0 Å². The monoisotopic (exact) mass is 316 g/mol. The number of carbonyl (C=O) groups is 1. The molecule has 1 aromatic rings. The highest BCUT2D eigenvalue weighted by molar-refractivity contribution is 5.85. The molecule has 0 spiro atoms. The van der Waals surface area contributed by atoms with Gasteiger partial charge in [0.05, 0.1) is 6.61 Å². The number of carbonyl (C=O) groups excluding carboxylic acids is 1. The zero-order chi connectivity index (χ0) is 15.2. The minimum atomic E-state index is -0.455. The first-order valence-corrected chi connectivity index (χ1v) is 6.69. The average Bonchev–Trinajstić information content (AvgIpc) is 2.39. The minimum absolute atomic E-state index is 0. The van der Waals surface area contributed by atoms with Gasteiger partial charge in [-0.05, 0) is 59.1 Å². The minimum Gasteiger partial charge on any atom is -0.494 e. The molecule has 0 heterocycles. The van der Waals surface area contributed by atoms with Crippen LogP contribution in [-0.4, -0.2) is 43.8 Å². The number of ether oxygens (including phenoxy) is 2. The first kappa shape index (κ1) is 19.5. The van der Waals surface area contributed by atoms with E-state index in [1.807, 2.05) is 51.9 Å². The lowest BCUT2D eigenvalue weighted by Gasteiger charge is -2.31. The molecule has 1 amide bonds. The maximum absolute atomic E-state index is 11.7. The van der Waals surface area contributed by atoms with Gasteiger partial charge >= 0.3 is 6.09 Å². The lowest BCUT2D eigenvalue weighted by Crippen LogP contribution is -2.43. The van der Waals surface area contributed by atoms with Crippen LogP contribution in [0.3, 0.4) is 0 Å². The van der Waals surface area contributed by atoms with Crippen molar-refractivity contribution in [2.24, 2.45) is 0 Å². The number of benzene rings is 1. The number of nitrogens with zero attached hydrogens (tertiary/aromatic N) is 1. The summed E-state index contributed by atoms with van der Waals surface area (Å²) in [6.07, 6.45) is -0.455. The maximum Gasteiger partial charge on any atom is 0.411 e. The fraction of sp³-hybridized carbons (Fsp3) is 0.533. The lowest BCUT2D eigenvalue weighted by atomic mass is 10.1. The largest absolute Gasteiger partial charge is 0.494 e. The topological polar surface area (TPSA) is 50.8 Å². The molecule has 1 rings (SSSR count). The van der Waals surface area contributed by atoms with Crippen molar-refractivity contribution in [2.45, 2.75) is 26.3 Å². The first-order chi connectivity index (χ1) is 9.35. The van der Waals surface area contributed by atoms with Crippen LogP contribution in [0.1, 0.15) is 20.8 Å². The van der Waals surface area contributed by atoms with E-state index in [0.29, 0.717) is 18.9 Å². The van der Waals surface area contributed by atoms with Crippen LogP contribution in [0.25, 0.3) is 0 Å². The van der Waals surface area contributed by atoms with E-state index in [9.17, 15) is 4.79 Å². The Morgan fingerprint density at radius 2 is 1.81 bits per heavy atom. The van der Waals surface area contributed by atoms with Crippen LogP contribution in [0.5, 0.6) is 5.75 Å². The molecule has 21 heavy (non-hydrogen) atoms. The highest BCUT2D eigenvalue weighted by Crippen LogP contribution is 2.16.